The molecule has 0 unspecified atom stereocenters. The van der Waals surface area contributed by atoms with Gasteiger partial charge in [0.25, 0.3) is 5.91 Å². The number of rotatable bonds is 2. The number of fused-ring (bicyclic) bond motifs is 1. The molecule has 1 aliphatic heterocycles. The van der Waals surface area contributed by atoms with Gasteiger partial charge in [-0.3, -0.25) is 4.79 Å². The van der Waals surface area contributed by atoms with Crippen LogP contribution >= 0.6 is 0 Å². The molecule has 0 bridgehead atoms. The van der Waals surface area contributed by atoms with Crippen LogP contribution in [0.4, 0.5) is 0 Å². The number of nitriles is 1. The Morgan fingerprint density at radius 1 is 1.30 bits per heavy atom. The van der Waals surface area contributed by atoms with E-state index < -0.39 is 0 Å². The molecule has 0 radical (unpaired) electrons. The molecular weight excluding hydrogens is 290 g/mol. The predicted molar refractivity (Wildman–Crippen MR) is 88.6 cm³/mol. The van der Waals surface area contributed by atoms with Gasteiger partial charge in [0.2, 0.25) is 0 Å². The first-order valence-corrected chi connectivity index (χ1v) is 7.66. The van der Waals surface area contributed by atoms with E-state index in [-0.39, 0.29) is 11.5 Å². The molecule has 1 saturated heterocycles. The lowest BCUT2D eigenvalue weighted by Gasteiger charge is -2.26. The molecule has 23 heavy (non-hydrogen) atoms. The summed E-state index contributed by atoms with van der Waals surface area (Å²) >= 11 is 0. The predicted octanol–water partition coefficient (Wildman–Crippen LogP) is 2.25. The van der Waals surface area contributed by atoms with Gasteiger partial charge in [0, 0.05) is 42.3 Å². The minimum Gasteiger partial charge on any atom is -0.378 e. The van der Waals surface area contributed by atoms with Crippen molar-refractivity contribution in [3.8, 4) is 6.07 Å². The Labute approximate surface area is 135 Å². The van der Waals surface area contributed by atoms with Crippen LogP contribution in [0.15, 0.2) is 29.8 Å². The summed E-state index contributed by atoms with van der Waals surface area (Å²) in [7, 11) is 1.99. The van der Waals surface area contributed by atoms with Crippen molar-refractivity contribution in [2.75, 3.05) is 26.3 Å². The van der Waals surface area contributed by atoms with Crippen LogP contribution in [0.25, 0.3) is 17.0 Å². The molecule has 0 atom stereocenters. The highest BCUT2D eigenvalue weighted by atomic mass is 16.5. The number of hydrogen-bond acceptors (Lipinski definition) is 3. The first kappa shape index (κ1) is 15.3. The third-order valence-corrected chi connectivity index (χ3v) is 4.39. The zero-order valence-electron chi connectivity index (χ0n) is 13.4. The van der Waals surface area contributed by atoms with Crippen molar-refractivity contribution in [3.05, 3.63) is 41.1 Å². The maximum atomic E-state index is 12.6. The van der Waals surface area contributed by atoms with Crippen LogP contribution in [0.1, 0.15) is 11.3 Å². The molecule has 2 aromatic rings. The van der Waals surface area contributed by atoms with E-state index in [1.807, 2.05) is 38.2 Å². The summed E-state index contributed by atoms with van der Waals surface area (Å²) < 4.78 is 7.34. The molecule has 1 fully saturated rings. The number of aromatic nitrogens is 1. The summed E-state index contributed by atoms with van der Waals surface area (Å²) in [6.07, 6.45) is 1.72. The fourth-order valence-electron chi connectivity index (χ4n) is 2.96. The van der Waals surface area contributed by atoms with Crippen molar-refractivity contribution in [1.29, 1.82) is 5.26 Å². The van der Waals surface area contributed by atoms with Crippen LogP contribution < -0.4 is 0 Å². The van der Waals surface area contributed by atoms with Gasteiger partial charge in [-0.25, -0.2) is 0 Å². The third kappa shape index (κ3) is 2.73. The van der Waals surface area contributed by atoms with E-state index in [1.165, 1.54) is 0 Å². The van der Waals surface area contributed by atoms with Gasteiger partial charge in [-0.15, -0.1) is 0 Å². The summed E-state index contributed by atoms with van der Waals surface area (Å²) in [5.41, 5.74) is 3.23. The van der Waals surface area contributed by atoms with Gasteiger partial charge in [-0.1, -0.05) is 18.2 Å². The van der Waals surface area contributed by atoms with Crippen molar-refractivity contribution in [3.63, 3.8) is 0 Å². The Balaban J connectivity index is 2.04. The van der Waals surface area contributed by atoms with Crippen molar-refractivity contribution in [2.45, 2.75) is 6.92 Å². The molecule has 0 aliphatic carbocycles. The van der Waals surface area contributed by atoms with E-state index in [2.05, 4.69) is 10.6 Å². The molecular formula is C18H19N3O2. The number of ether oxygens (including phenoxy) is 1. The molecule has 1 aromatic heterocycles. The number of benzene rings is 1. The van der Waals surface area contributed by atoms with Gasteiger partial charge in [0.15, 0.2) is 0 Å². The van der Waals surface area contributed by atoms with Gasteiger partial charge in [-0.2, -0.15) is 5.26 Å². The molecule has 0 saturated carbocycles. The molecule has 1 amide bonds. The van der Waals surface area contributed by atoms with Crippen LogP contribution in [0.5, 0.6) is 0 Å². The van der Waals surface area contributed by atoms with E-state index in [9.17, 15) is 10.1 Å². The Bertz CT molecular complexity index is 821. The number of para-hydroxylation sites is 1. The van der Waals surface area contributed by atoms with Crippen molar-refractivity contribution >= 4 is 22.9 Å². The fourth-order valence-corrected chi connectivity index (χ4v) is 2.96. The second-order valence-corrected chi connectivity index (χ2v) is 5.65. The van der Waals surface area contributed by atoms with Crippen LogP contribution in [0, 0.1) is 18.3 Å². The lowest BCUT2D eigenvalue weighted by molar-refractivity contribution is -0.130. The second kappa shape index (κ2) is 6.27. The van der Waals surface area contributed by atoms with E-state index >= 15 is 0 Å². The van der Waals surface area contributed by atoms with E-state index in [1.54, 1.807) is 11.0 Å². The first-order valence-electron chi connectivity index (χ1n) is 7.66. The molecule has 118 valence electrons. The monoisotopic (exact) mass is 309 g/mol. The molecule has 1 aromatic carbocycles. The summed E-state index contributed by atoms with van der Waals surface area (Å²) in [5, 5.41) is 10.5. The minimum atomic E-state index is -0.219. The summed E-state index contributed by atoms with van der Waals surface area (Å²) in [5.74, 6) is -0.219. The molecule has 5 nitrogen and oxygen atoms in total. The number of carbonyl (C=O) groups excluding carboxylic acids is 1. The summed E-state index contributed by atoms with van der Waals surface area (Å²) in [4.78, 5) is 14.2. The molecule has 5 heteroatoms. The highest BCUT2D eigenvalue weighted by Crippen LogP contribution is 2.27. The van der Waals surface area contributed by atoms with Gasteiger partial charge >= 0.3 is 0 Å². The summed E-state index contributed by atoms with van der Waals surface area (Å²) in [6.45, 7) is 4.12. The second-order valence-electron chi connectivity index (χ2n) is 5.65. The molecule has 2 heterocycles. The van der Waals surface area contributed by atoms with Crippen molar-refractivity contribution in [1.82, 2.24) is 9.47 Å². The molecule has 0 spiro atoms. The highest BCUT2D eigenvalue weighted by Gasteiger charge is 2.21. The van der Waals surface area contributed by atoms with Crippen molar-refractivity contribution in [2.24, 2.45) is 7.05 Å². The molecule has 0 N–H and O–H groups in total. The van der Waals surface area contributed by atoms with Gasteiger partial charge in [-0.05, 0) is 19.1 Å². The quantitative estimate of drug-likeness (QED) is 0.631. The van der Waals surface area contributed by atoms with E-state index in [4.69, 9.17) is 4.74 Å². The average molecular weight is 309 g/mol. The van der Waals surface area contributed by atoms with Crippen LogP contribution in [0.2, 0.25) is 0 Å². The lowest BCUT2D eigenvalue weighted by Crippen LogP contribution is -2.41. The summed E-state index contributed by atoms with van der Waals surface area (Å²) in [6, 6.07) is 10.1. The number of amides is 1. The van der Waals surface area contributed by atoms with Crippen molar-refractivity contribution < 1.29 is 9.53 Å². The highest BCUT2D eigenvalue weighted by molar-refractivity contribution is 6.04. The van der Waals surface area contributed by atoms with E-state index in [0.717, 1.165) is 22.2 Å². The standard InChI is InChI=1S/C18H19N3O2/c1-13-16(15-5-3-4-6-17(15)20(13)2)11-14(12-19)18(22)21-7-9-23-10-8-21/h3-6,11H,7-10H2,1-2H3/b14-11+. The van der Waals surface area contributed by atoms with Gasteiger partial charge in [0.1, 0.15) is 11.6 Å². The Morgan fingerprint density at radius 3 is 2.70 bits per heavy atom. The van der Waals surface area contributed by atoms with Crippen LogP contribution in [0.3, 0.4) is 0 Å². The number of morpholine rings is 1. The Morgan fingerprint density at radius 2 is 2.00 bits per heavy atom. The smallest absolute Gasteiger partial charge is 0.264 e. The normalized spacial score (nSPS) is 15.7. The fraction of sp³-hybridized carbons (Fsp3) is 0.333. The van der Waals surface area contributed by atoms with Gasteiger partial charge < -0.3 is 14.2 Å². The molecule has 1 aliphatic rings. The third-order valence-electron chi connectivity index (χ3n) is 4.39. The topological polar surface area (TPSA) is 58.3 Å². The molecule has 3 rings (SSSR count). The SMILES string of the molecule is Cc1c(/C=C(\C#N)C(=O)N2CCOCC2)c2ccccc2n1C. The zero-order valence-corrected chi connectivity index (χ0v) is 13.4. The number of hydrogen-bond donors (Lipinski definition) is 0. The average Bonchev–Trinajstić information content (AvgIpc) is 2.84. The lowest BCUT2D eigenvalue weighted by atomic mass is 10.1. The maximum absolute atomic E-state index is 12.6. The van der Waals surface area contributed by atoms with E-state index in [0.29, 0.717) is 26.3 Å². The Hall–Kier alpha value is -2.58. The Kier molecular flexibility index (Phi) is 4.18. The first-order chi connectivity index (χ1) is 11.1. The largest absolute Gasteiger partial charge is 0.378 e. The number of aryl methyl sites for hydroxylation is 1. The minimum absolute atomic E-state index is 0.173. The number of nitrogens with zero attached hydrogens (tertiary/aromatic N) is 3. The maximum Gasteiger partial charge on any atom is 0.264 e. The van der Waals surface area contributed by atoms with Crippen LogP contribution in [-0.4, -0.2) is 41.7 Å². The zero-order chi connectivity index (χ0) is 16.4. The van der Waals surface area contributed by atoms with Crippen LogP contribution in [-0.2, 0) is 16.6 Å². The van der Waals surface area contributed by atoms with Gasteiger partial charge in [0.05, 0.1) is 13.2 Å². The number of carbonyl (C=O) groups is 1.